The Morgan fingerprint density at radius 1 is 0.543 bits per heavy atom. The van der Waals surface area contributed by atoms with E-state index < -0.39 is 34.5 Å². The smallest absolute Gasteiger partial charge is 0.239 e. The van der Waals surface area contributed by atoms with Crippen LogP contribution >= 0.6 is 0 Å². The van der Waals surface area contributed by atoms with Crippen molar-refractivity contribution in [2.24, 2.45) is 11.8 Å². The SMILES string of the molecule is CCOc1ccccc1N1C(=O)[C@@H]2[C@@H](C1=O)[C@@]1(c3ccccc3)C(=O)[C@@]2(c2ccccc2)C(c2ccccc2)=C1c1ccccc1. The summed E-state index contributed by atoms with van der Waals surface area (Å²) < 4.78 is 5.94. The summed E-state index contributed by atoms with van der Waals surface area (Å²) in [4.78, 5) is 47.5. The zero-order chi connectivity index (χ0) is 31.5. The molecule has 5 aromatic carbocycles. The predicted octanol–water partition coefficient (Wildman–Crippen LogP) is 7.27. The number of imide groups is 1. The van der Waals surface area contributed by atoms with Crippen LogP contribution in [0.25, 0.3) is 11.1 Å². The monoisotopic (exact) mass is 601 g/mol. The number of anilines is 1. The lowest BCUT2D eigenvalue weighted by Crippen LogP contribution is -2.45. The first-order chi connectivity index (χ1) is 22.6. The van der Waals surface area contributed by atoms with Gasteiger partial charge in [-0.25, -0.2) is 4.90 Å². The molecule has 0 N–H and O–H groups in total. The number of ketones is 1. The Morgan fingerprint density at radius 3 is 1.37 bits per heavy atom. The van der Waals surface area contributed by atoms with E-state index in [-0.39, 0.29) is 5.78 Å². The van der Waals surface area contributed by atoms with E-state index in [0.29, 0.717) is 29.2 Å². The molecule has 0 spiro atoms. The molecule has 2 amide bonds. The van der Waals surface area contributed by atoms with E-state index in [1.807, 2.05) is 134 Å². The summed E-state index contributed by atoms with van der Waals surface area (Å²) in [5, 5.41) is 0. The van der Waals surface area contributed by atoms with Crippen LogP contribution in [-0.2, 0) is 25.2 Å². The fourth-order valence-corrected chi connectivity index (χ4v) is 8.49. The highest BCUT2D eigenvalue weighted by atomic mass is 16.5. The van der Waals surface area contributed by atoms with Crippen molar-refractivity contribution in [1.29, 1.82) is 0 Å². The van der Waals surface area contributed by atoms with Gasteiger partial charge in [-0.15, -0.1) is 0 Å². The van der Waals surface area contributed by atoms with Crippen molar-refractivity contribution >= 4 is 34.4 Å². The van der Waals surface area contributed by atoms with Crippen LogP contribution < -0.4 is 9.64 Å². The highest BCUT2D eigenvalue weighted by molar-refractivity contribution is 6.39. The van der Waals surface area contributed by atoms with Gasteiger partial charge in [-0.05, 0) is 52.5 Å². The van der Waals surface area contributed by atoms with Crippen molar-refractivity contribution < 1.29 is 19.1 Å². The first-order valence-electron chi connectivity index (χ1n) is 15.7. The average Bonchev–Trinajstić information content (AvgIpc) is 3.62. The van der Waals surface area contributed by atoms with Crippen LogP contribution in [0.5, 0.6) is 5.75 Å². The minimum atomic E-state index is -1.43. The number of ether oxygens (including phenoxy) is 1. The van der Waals surface area contributed by atoms with E-state index in [9.17, 15) is 0 Å². The van der Waals surface area contributed by atoms with E-state index >= 15 is 14.4 Å². The molecule has 2 bridgehead atoms. The molecule has 2 fully saturated rings. The van der Waals surface area contributed by atoms with Crippen LogP contribution in [0.2, 0.25) is 0 Å². The lowest BCUT2D eigenvalue weighted by Gasteiger charge is -2.39. The second kappa shape index (κ2) is 10.5. The van der Waals surface area contributed by atoms with Gasteiger partial charge in [-0.3, -0.25) is 14.4 Å². The van der Waals surface area contributed by atoms with Gasteiger partial charge in [-0.2, -0.15) is 0 Å². The standard InChI is InChI=1S/C41H31NO4/c1-2-46-32-26-16-15-25-31(32)42-37(43)35-36(38(42)44)41(30-23-13-6-14-24-30)34(28-19-9-4-10-20-28)33(27-17-7-3-8-18-27)40(35,39(41)45)29-21-11-5-12-22-29/h3-26,35-36H,2H2,1H3/t35-,36-,40-,41-/m0/s1. The number of hydrogen-bond donors (Lipinski definition) is 0. The predicted molar refractivity (Wildman–Crippen MR) is 178 cm³/mol. The second-order valence-corrected chi connectivity index (χ2v) is 12.0. The molecule has 5 heteroatoms. The highest BCUT2D eigenvalue weighted by Crippen LogP contribution is 2.74. The number of allylic oxidation sites excluding steroid dienone is 2. The molecule has 1 saturated heterocycles. The van der Waals surface area contributed by atoms with Crippen molar-refractivity contribution in [2.75, 3.05) is 11.5 Å². The van der Waals surface area contributed by atoms with Gasteiger partial charge in [0, 0.05) is 0 Å². The molecule has 8 rings (SSSR count). The Kier molecular flexibility index (Phi) is 6.40. The van der Waals surface area contributed by atoms with Gasteiger partial charge in [0.25, 0.3) is 0 Å². The molecule has 1 heterocycles. The number of amides is 2. The molecule has 1 aliphatic heterocycles. The molecule has 46 heavy (non-hydrogen) atoms. The summed E-state index contributed by atoms with van der Waals surface area (Å²) in [5.74, 6) is -2.42. The molecule has 1 saturated carbocycles. The largest absolute Gasteiger partial charge is 0.492 e. The lowest BCUT2D eigenvalue weighted by atomic mass is 9.59. The van der Waals surface area contributed by atoms with Gasteiger partial charge in [0.1, 0.15) is 5.75 Å². The van der Waals surface area contributed by atoms with Crippen LogP contribution in [0.3, 0.4) is 0 Å². The Balaban J connectivity index is 1.54. The molecular formula is C41H31NO4. The number of Topliss-reactive ketones (excluding diaryl/α,β-unsaturated/α-hetero) is 1. The molecule has 0 unspecified atom stereocenters. The molecule has 5 nitrogen and oxygen atoms in total. The maximum Gasteiger partial charge on any atom is 0.239 e. The van der Waals surface area contributed by atoms with Crippen molar-refractivity contribution in [3.05, 3.63) is 168 Å². The number of nitrogens with zero attached hydrogens (tertiary/aromatic N) is 1. The van der Waals surface area contributed by atoms with E-state index in [4.69, 9.17) is 4.74 Å². The van der Waals surface area contributed by atoms with E-state index in [1.165, 1.54) is 4.90 Å². The summed E-state index contributed by atoms with van der Waals surface area (Å²) >= 11 is 0. The number of carbonyl (C=O) groups is 3. The minimum Gasteiger partial charge on any atom is -0.492 e. The van der Waals surface area contributed by atoms with E-state index in [0.717, 1.165) is 22.3 Å². The van der Waals surface area contributed by atoms with Gasteiger partial charge < -0.3 is 4.74 Å². The van der Waals surface area contributed by atoms with Crippen LogP contribution in [0.4, 0.5) is 5.69 Å². The zero-order valence-electron chi connectivity index (χ0n) is 25.3. The Morgan fingerprint density at radius 2 is 0.935 bits per heavy atom. The third-order valence-electron chi connectivity index (χ3n) is 9.98. The molecule has 0 aromatic heterocycles. The normalized spacial score (nSPS) is 24.9. The van der Waals surface area contributed by atoms with Crippen LogP contribution in [0.15, 0.2) is 146 Å². The summed E-state index contributed by atoms with van der Waals surface area (Å²) in [5.41, 5.74) is 2.20. The third-order valence-corrected chi connectivity index (χ3v) is 9.98. The van der Waals surface area contributed by atoms with Gasteiger partial charge in [0.2, 0.25) is 11.8 Å². The lowest BCUT2D eigenvalue weighted by molar-refractivity contribution is -0.130. The second-order valence-electron chi connectivity index (χ2n) is 12.0. The maximum atomic E-state index is 15.9. The fraction of sp³-hybridized carbons (Fsp3) is 0.146. The Hall–Kier alpha value is -5.55. The van der Waals surface area contributed by atoms with Gasteiger partial charge in [0.15, 0.2) is 5.78 Å². The van der Waals surface area contributed by atoms with Gasteiger partial charge in [-0.1, -0.05) is 133 Å². The molecule has 224 valence electrons. The van der Waals surface area contributed by atoms with E-state index in [2.05, 4.69) is 0 Å². The highest BCUT2D eigenvalue weighted by Gasteiger charge is 2.82. The van der Waals surface area contributed by atoms with Gasteiger partial charge in [0.05, 0.1) is 35.0 Å². The first kappa shape index (κ1) is 28.0. The van der Waals surface area contributed by atoms with E-state index in [1.54, 1.807) is 18.2 Å². The molecule has 4 atom stereocenters. The number of rotatable bonds is 7. The van der Waals surface area contributed by atoms with Crippen LogP contribution in [0.1, 0.15) is 29.2 Å². The molecule has 5 aromatic rings. The van der Waals surface area contributed by atoms with Crippen LogP contribution in [-0.4, -0.2) is 24.2 Å². The maximum absolute atomic E-state index is 15.9. The topological polar surface area (TPSA) is 63.7 Å². The number of para-hydroxylation sites is 2. The Labute approximate surface area is 267 Å². The zero-order valence-corrected chi connectivity index (χ0v) is 25.3. The average molecular weight is 602 g/mol. The van der Waals surface area contributed by atoms with Crippen molar-refractivity contribution in [3.63, 3.8) is 0 Å². The molecule has 2 aliphatic carbocycles. The summed E-state index contributed by atoms with van der Waals surface area (Å²) in [6.45, 7) is 2.24. The van der Waals surface area contributed by atoms with Crippen molar-refractivity contribution in [2.45, 2.75) is 17.8 Å². The summed E-state index contributed by atoms with van der Waals surface area (Å²) in [6.07, 6.45) is 0. The van der Waals surface area contributed by atoms with Crippen molar-refractivity contribution in [3.8, 4) is 5.75 Å². The Bertz CT molecular complexity index is 1900. The first-order valence-corrected chi connectivity index (χ1v) is 15.7. The summed E-state index contributed by atoms with van der Waals surface area (Å²) in [6, 6.07) is 46.1. The van der Waals surface area contributed by atoms with Gasteiger partial charge >= 0.3 is 0 Å². The quantitative estimate of drug-likeness (QED) is 0.184. The van der Waals surface area contributed by atoms with Crippen LogP contribution in [0, 0.1) is 11.8 Å². The molecule has 0 radical (unpaired) electrons. The fourth-order valence-electron chi connectivity index (χ4n) is 8.49. The number of fused-ring (bicyclic) bond motifs is 5. The molecule has 3 aliphatic rings. The number of benzene rings is 5. The number of hydrogen-bond acceptors (Lipinski definition) is 4. The van der Waals surface area contributed by atoms with Crippen molar-refractivity contribution in [1.82, 2.24) is 0 Å². The number of carbonyl (C=O) groups excluding carboxylic acids is 3. The summed E-state index contributed by atoms with van der Waals surface area (Å²) in [7, 11) is 0. The third kappa shape index (κ3) is 3.48. The molecular weight excluding hydrogens is 570 g/mol. The minimum absolute atomic E-state index is 0.135.